The molecule has 168 valence electrons. The van der Waals surface area contributed by atoms with Crippen LogP contribution in [0.4, 0.5) is 0 Å². The Morgan fingerprint density at radius 1 is 1.13 bits per heavy atom. The molecule has 2 fully saturated rings. The summed E-state index contributed by atoms with van der Waals surface area (Å²) in [5.41, 5.74) is 1.49. The van der Waals surface area contributed by atoms with Crippen molar-refractivity contribution in [3.05, 3.63) is 47.7 Å². The number of allylic oxidation sites excluding steroid dienone is 1. The Hall–Kier alpha value is -2.14. The van der Waals surface area contributed by atoms with E-state index in [-0.39, 0.29) is 11.8 Å². The van der Waals surface area contributed by atoms with Gasteiger partial charge in [-0.05, 0) is 51.1 Å². The summed E-state index contributed by atoms with van der Waals surface area (Å²) in [5.74, 6) is 0.249. The van der Waals surface area contributed by atoms with E-state index in [1.54, 1.807) is 0 Å². The summed E-state index contributed by atoms with van der Waals surface area (Å²) in [5, 5.41) is 3.25. The number of fused-ring (bicyclic) bond motifs is 1. The van der Waals surface area contributed by atoms with Crippen LogP contribution < -0.4 is 5.32 Å². The molecule has 1 N–H and O–H groups in total. The Morgan fingerprint density at radius 2 is 1.90 bits per heavy atom. The highest BCUT2D eigenvalue weighted by Gasteiger charge is 2.49. The van der Waals surface area contributed by atoms with Gasteiger partial charge in [0.05, 0.1) is 12.0 Å². The molecule has 1 saturated heterocycles. The van der Waals surface area contributed by atoms with E-state index < -0.39 is 5.41 Å². The lowest BCUT2D eigenvalue weighted by Crippen LogP contribution is -2.53. The van der Waals surface area contributed by atoms with Gasteiger partial charge < -0.3 is 15.1 Å². The van der Waals surface area contributed by atoms with Gasteiger partial charge >= 0.3 is 0 Å². The summed E-state index contributed by atoms with van der Waals surface area (Å²) in [7, 11) is 2.19. The molecule has 0 radical (unpaired) electrons. The van der Waals surface area contributed by atoms with Gasteiger partial charge in [0.1, 0.15) is 0 Å². The number of likely N-dealkylation sites (N-methyl/N-ethyl adjacent to an activating group) is 1. The minimum atomic E-state index is -0.551. The smallest absolute Gasteiger partial charge is 0.232 e. The SMILES string of the molecule is CN(CCNC(=O)C12CCCC=C1N(Cc1ccccc1)C(=O)CC2)C1CCCCC1. The molecule has 1 unspecified atom stereocenters. The summed E-state index contributed by atoms with van der Waals surface area (Å²) >= 11 is 0. The van der Waals surface area contributed by atoms with Crippen molar-refractivity contribution in [1.82, 2.24) is 15.1 Å². The number of nitrogens with zero attached hydrogens (tertiary/aromatic N) is 2. The number of rotatable bonds is 7. The van der Waals surface area contributed by atoms with Crippen molar-refractivity contribution in [3.8, 4) is 0 Å². The van der Waals surface area contributed by atoms with Gasteiger partial charge in [0.25, 0.3) is 0 Å². The summed E-state index contributed by atoms with van der Waals surface area (Å²) in [6, 6.07) is 10.7. The zero-order valence-electron chi connectivity index (χ0n) is 18.9. The third kappa shape index (κ3) is 4.87. The van der Waals surface area contributed by atoms with E-state index in [1.807, 2.05) is 35.2 Å². The predicted octanol–water partition coefficient (Wildman–Crippen LogP) is 4.24. The molecule has 1 saturated carbocycles. The molecule has 5 nitrogen and oxygen atoms in total. The maximum absolute atomic E-state index is 13.5. The number of amides is 2. The number of nitrogens with one attached hydrogen (secondary N) is 1. The van der Waals surface area contributed by atoms with Crippen LogP contribution in [0.1, 0.15) is 69.8 Å². The molecule has 1 atom stereocenters. The normalized spacial score (nSPS) is 24.6. The molecule has 0 spiro atoms. The largest absolute Gasteiger partial charge is 0.354 e. The highest BCUT2D eigenvalue weighted by Crippen LogP contribution is 2.47. The fourth-order valence-corrected chi connectivity index (χ4v) is 5.68. The van der Waals surface area contributed by atoms with Crippen LogP contribution in [0.5, 0.6) is 0 Å². The second-order valence-corrected chi connectivity index (χ2v) is 9.56. The molecule has 3 aliphatic rings. The fourth-order valence-electron chi connectivity index (χ4n) is 5.68. The third-order valence-electron chi connectivity index (χ3n) is 7.56. The van der Waals surface area contributed by atoms with E-state index in [9.17, 15) is 9.59 Å². The first-order valence-corrected chi connectivity index (χ1v) is 12.1. The van der Waals surface area contributed by atoms with Gasteiger partial charge in [-0.25, -0.2) is 0 Å². The molecular weight excluding hydrogens is 386 g/mol. The Labute approximate surface area is 186 Å². The van der Waals surface area contributed by atoms with Crippen molar-refractivity contribution in [2.75, 3.05) is 20.1 Å². The lowest BCUT2D eigenvalue weighted by Gasteiger charge is -2.46. The molecule has 1 aromatic carbocycles. The number of benzene rings is 1. The van der Waals surface area contributed by atoms with Crippen LogP contribution in [0, 0.1) is 5.41 Å². The zero-order chi connectivity index (χ0) is 21.7. The molecule has 1 aromatic rings. The molecule has 4 rings (SSSR count). The lowest BCUT2D eigenvalue weighted by molar-refractivity contribution is -0.141. The molecule has 0 bridgehead atoms. The fraction of sp³-hybridized carbons (Fsp3) is 0.615. The van der Waals surface area contributed by atoms with Crippen molar-refractivity contribution in [1.29, 1.82) is 0 Å². The first-order valence-electron chi connectivity index (χ1n) is 12.1. The van der Waals surface area contributed by atoms with E-state index in [0.717, 1.165) is 37.1 Å². The average Bonchev–Trinajstić information content (AvgIpc) is 2.82. The van der Waals surface area contributed by atoms with Crippen molar-refractivity contribution >= 4 is 11.8 Å². The second kappa shape index (κ2) is 9.99. The molecule has 1 heterocycles. The number of carbonyl (C=O) groups is 2. The van der Waals surface area contributed by atoms with Gasteiger partial charge in [-0.1, -0.05) is 55.7 Å². The van der Waals surface area contributed by atoms with Crippen molar-refractivity contribution in [2.24, 2.45) is 5.41 Å². The Morgan fingerprint density at radius 3 is 2.68 bits per heavy atom. The molecule has 2 aliphatic carbocycles. The second-order valence-electron chi connectivity index (χ2n) is 9.56. The number of hydrogen-bond acceptors (Lipinski definition) is 3. The third-order valence-corrected chi connectivity index (χ3v) is 7.56. The van der Waals surface area contributed by atoms with Crippen LogP contribution in [0.25, 0.3) is 0 Å². The van der Waals surface area contributed by atoms with Gasteiger partial charge in [-0.3, -0.25) is 9.59 Å². The molecule has 2 amide bonds. The summed E-state index contributed by atoms with van der Waals surface area (Å²) < 4.78 is 0. The molecular formula is C26H37N3O2. The number of likely N-dealkylation sites (tertiary alicyclic amines) is 1. The maximum atomic E-state index is 13.5. The average molecular weight is 424 g/mol. The maximum Gasteiger partial charge on any atom is 0.232 e. The molecule has 31 heavy (non-hydrogen) atoms. The lowest BCUT2D eigenvalue weighted by atomic mass is 9.69. The minimum Gasteiger partial charge on any atom is -0.354 e. The monoisotopic (exact) mass is 423 g/mol. The first kappa shape index (κ1) is 22.1. The first-order chi connectivity index (χ1) is 15.1. The van der Waals surface area contributed by atoms with Crippen LogP contribution >= 0.6 is 0 Å². The van der Waals surface area contributed by atoms with Gasteiger partial charge in [-0.2, -0.15) is 0 Å². The highest BCUT2D eigenvalue weighted by molar-refractivity contribution is 5.91. The van der Waals surface area contributed by atoms with Gasteiger partial charge in [0, 0.05) is 31.2 Å². The molecule has 5 heteroatoms. The van der Waals surface area contributed by atoms with E-state index >= 15 is 0 Å². The molecule has 1 aliphatic heterocycles. The summed E-state index contributed by atoms with van der Waals surface area (Å²) in [6.45, 7) is 2.11. The number of piperidine rings is 1. The standard InChI is InChI=1S/C26H37N3O2/c1-28(22-12-6-3-7-13-22)19-18-27-25(31)26-16-9-8-14-23(26)29(24(30)15-17-26)20-21-10-4-2-5-11-21/h2,4-5,10-11,14,22H,3,6-9,12-13,15-20H2,1H3,(H,27,31). The Kier molecular flexibility index (Phi) is 7.11. The summed E-state index contributed by atoms with van der Waals surface area (Å²) in [6.07, 6.45) is 12.6. The predicted molar refractivity (Wildman–Crippen MR) is 123 cm³/mol. The van der Waals surface area contributed by atoms with Gasteiger partial charge in [0.2, 0.25) is 11.8 Å². The van der Waals surface area contributed by atoms with E-state index in [4.69, 9.17) is 0 Å². The topological polar surface area (TPSA) is 52.7 Å². The Balaban J connectivity index is 1.42. The quantitative estimate of drug-likeness (QED) is 0.714. The van der Waals surface area contributed by atoms with Crippen LogP contribution in [0.3, 0.4) is 0 Å². The van der Waals surface area contributed by atoms with Crippen LogP contribution in [0.15, 0.2) is 42.1 Å². The van der Waals surface area contributed by atoms with E-state index in [1.165, 1.54) is 32.1 Å². The number of hydrogen-bond donors (Lipinski definition) is 1. The van der Waals surface area contributed by atoms with Gasteiger partial charge in [0.15, 0.2) is 0 Å². The highest BCUT2D eigenvalue weighted by atomic mass is 16.2. The van der Waals surface area contributed by atoms with Crippen molar-refractivity contribution < 1.29 is 9.59 Å². The van der Waals surface area contributed by atoms with Crippen LogP contribution in [0.2, 0.25) is 0 Å². The van der Waals surface area contributed by atoms with E-state index in [0.29, 0.717) is 32.0 Å². The Bertz CT molecular complexity index is 800. The van der Waals surface area contributed by atoms with Crippen molar-refractivity contribution in [3.63, 3.8) is 0 Å². The van der Waals surface area contributed by atoms with E-state index in [2.05, 4.69) is 23.3 Å². The minimum absolute atomic E-state index is 0.112. The van der Waals surface area contributed by atoms with Crippen LogP contribution in [-0.2, 0) is 16.1 Å². The van der Waals surface area contributed by atoms with Crippen LogP contribution in [-0.4, -0.2) is 47.8 Å². The zero-order valence-corrected chi connectivity index (χ0v) is 18.9. The number of carbonyl (C=O) groups excluding carboxylic acids is 2. The van der Waals surface area contributed by atoms with Gasteiger partial charge in [-0.15, -0.1) is 0 Å². The summed E-state index contributed by atoms with van der Waals surface area (Å²) in [4.78, 5) is 30.6. The van der Waals surface area contributed by atoms with Crippen molar-refractivity contribution in [2.45, 2.75) is 76.8 Å². The molecule has 0 aromatic heterocycles.